The normalized spacial score (nSPS) is 14.2. The maximum absolute atomic E-state index is 6.93. The molecule has 6 heteroatoms. The molecule has 354 valence electrons. The van der Waals surface area contributed by atoms with Crippen LogP contribution in [0.2, 0.25) is 0 Å². The molecule has 5 nitrogen and oxygen atoms in total. The van der Waals surface area contributed by atoms with E-state index < -0.39 is 0 Å². The van der Waals surface area contributed by atoms with Gasteiger partial charge in [-0.3, -0.25) is 0 Å². The molecule has 0 atom stereocenters. The number of pyridine rings is 1. The topological polar surface area (TPSA) is 33.5 Å². The summed E-state index contributed by atoms with van der Waals surface area (Å²) in [7, 11) is 0. The number of ether oxygens (including phenoxy) is 1. The van der Waals surface area contributed by atoms with Gasteiger partial charge in [-0.05, 0) is 96.8 Å². The first-order valence-corrected chi connectivity index (χ1v) is 23.7. The SMILES string of the molecule is CC(C)(C)c1cc(Oc2[c-]c3c(cc2)c2cc(C(C)(C)C)ccc2n3-c2cc(C(C)(C)C)ccn2)[c-]c(N2C=C(C(C)(C)c3ccccc3)N(c3cc(C(C)(C)C)cc(C(C)(C)C)c3)[CH-]2)c1.[Pt]. The standard InChI is InChI=1S/C61H71N4O.Pt/c1-56(2,3)41-23-26-52-51(34-41)50-25-24-48(37-53(50)65(52)55-35-42(27-28-62-55)57(4,5)6)66-49-33-45(60(13,14)15)30-46(36-49)63-38-54(61(16,17)40-21-19-18-20-22-40)64(39-63)47-31-43(58(7,8)9)29-44(32-47)59(10,11)12;/h18-35,38-39H,1-17H3;/q-3;. The van der Waals surface area contributed by atoms with Crippen LogP contribution in [0.3, 0.4) is 0 Å². The van der Waals surface area contributed by atoms with Crippen molar-refractivity contribution in [3.05, 3.63) is 173 Å². The maximum Gasteiger partial charge on any atom is 0.135 e. The second-order valence-corrected chi connectivity index (χ2v) is 24.2. The summed E-state index contributed by atoms with van der Waals surface area (Å²) in [6.45, 7) is 41.0. The Balaban J connectivity index is 0.00000666. The summed E-state index contributed by atoms with van der Waals surface area (Å²) in [5.74, 6) is 2.11. The number of aromatic nitrogens is 2. The fourth-order valence-corrected chi connectivity index (χ4v) is 8.80. The molecule has 0 amide bonds. The Morgan fingerprint density at radius 3 is 1.69 bits per heavy atom. The number of nitrogens with zero attached hydrogens (tertiary/aromatic N) is 4. The molecule has 7 aromatic rings. The van der Waals surface area contributed by atoms with Crippen LogP contribution in [0.4, 0.5) is 11.4 Å². The van der Waals surface area contributed by atoms with Gasteiger partial charge in [0.05, 0.1) is 0 Å². The summed E-state index contributed by atoms with van der Waals surface area (Å²) in [6.07, 6.45) is 4.21. The van der Waals surface area contributed by atoms with E-state index in [1.807, 2.05) is 12.3 Å². The van der Waals surface area contributed by atoms with Crippen molar-refractivity contribution in [2.45, 2.75) is 150 Å². The number of benzene rings is 5. The van der Waals surface area contributed by atoms with Crippen LogP contribution in [0.5, 0.6) is 11.5 Å². The molecular formula is C61H71N4OPt-3. The first-order chi connectivity index (χ1) is 30.6. The number of hydrogen-bond donors (Lipinski definition) is 0. The quantitative estimate of drug-likeness (QED) is 0.149. The molecule has 0 unspecified atom stereocenters. The third-order valence-electron chi connectivity index (χ3n) is 13.4. The van der Waals surface area contributed by atoms with Crippen LogP contribution in [0.1, 0.15) is 151 Å². The summed E-state index contributed by atoms with van der Waals surface area (Å²) in [6, 6.07) is 45.2. The molecule has 0 fully saturated rings. The number of allylic oxidation sites excluding steroid dienone is 1. The summed E-state index contributed by atoms with van der Waals surface area (Å²) >= 11 is 0. The van der Waals surface area contributed by atoms with Gasteiger partial charge >= 0.3 is 0 Å². The Labute approximate surface area is 416 Å². The van der Waals surface area contributed by atoms with Crippen molar-refractivity contribution in [3.63, 3.8) is 0 Å². The predicted molar refractivity (Wildman–Crippen MR) is 280 cm³/mol. The molecule has 0 radical (unpaired) electrons. The molecule has 8 rings (SSSR count). The van der Waals surface area contributed by atoms with E-state index in [9.17, 15) is 0 Å². The number of fused-ring (bicyclic) bond motifs is 3. The van der Waals surface area contributed by atoms with Gasteiger partial charge in [-0.1, -0.05) is 172 Å². The Morgan fingerprint density at radius 1 is 0.507 bits per heavy atom. The zero-order valence-corrected chi connectivity index (χ0v) is 45.3. The van der Waals surface area contributed by atoms with Crippen molar-refractivity contribution in [2.75, 3.05) is 9.80 Å². The van der Waals surface area contributed by atoms with Gasteiger partial charge in [0.2, 0.25) is 0 Å². The van der Waals surface area contributed by atoms with E-state index in [4.69, 9.17) is 9.72 Å². The Hall–Kier alpha value is -5.12. The smallest absolute Gasteiger partial charge is 0.135 e. The Morgan fingerprint density at radius 2 is 1.09 bits per heavy atom. The second-order valence-electron chi connectivity index (χ2n) is 24.2. The van der Waals surface area contributed by atoms with Gasteiger partial charge in [0.15, 0.2) is 0 Å². The zero-order valence-electron chi connectivity index (χ0n) is 43.1. The van der Waals surface area contributed by atoms with Crippen LogP contribution < -0.4 is 14.5 Å². The monoisotopic (exact) mass is 1070 g/mol. The van der Waals surface area contributed by atoms with Crippen LogP contribution in [0.25, 0.3) is 27.6 Å². The average Bonchev–Trinajstić information content (AvgIpc) is 3.83. The second kappa shape index (κ2) is 17.4. The fraction of sp³-hybridized carbons (Fsp3) is 0.377. The molecular weight excluding hydrogens is 1000 g/mol. The third kappa shape index (κ3) is 10.1. The van der Waals surface area contributed by atoms with E-state index in [1.165, 1.54) is 38.9 Å². The third-order valence-corrected chi connectivity index (χ3v) is 13.4. The summed E-state index contributed by atoms with van der Waals surface area (Å²) < 4.78 is 9.17. The van der Waals surface area contributed by atoms with Crippen LogP contribution in [0.15, 0.2) is 121 Å². The van der Waals surface area contributed by atoms with Gasteiger partial charge in [-0.25, -0.2) is 4.98 Å². The summed E-state index contributed by atoms with van der Waals surface area (Å²) in [5.41, 5.74) is 12.1. The van der Waals surface area contributed by atoms with E-state index in [1.54, 1.807) is 0 Å². The molecule has 0 aliphatic carbocycles. The van der Waals surface area contributed by atoms with Crippen molar-refractivity contribution in [1.29, 1.82) is 0 Å². The fourth-order valence-electron chi connectivity index (χ4n) is 8.80. The average molecular weight is 1070 g/mol. The minimum absolute atomic E-state index is 0. The molecule has 1 aliphatic heterocycles. The number of hydrogen-bond acceptors (Lipinski definition) is 4. The predicted octanol–water partition coefficient (Wildman–Crippen LogP) is 16.3. The van der Waals surface area contributed by atoms with Gasteiger partial charge in [0.25, 0.3) is 0 Å². The van der Waals surface area contributed by atoms with Crippen molar-refractivity contribution >= 4 is 33.2 Å². The zero-order chi connectivity index (χ0) is 47.9. The maximum atomic E-state index is 6.93. The summed E-state index contributed by atoms with van der Waals surface area (Å²) in [4.78, 5) is 9.58. The van der Waals surface area contributed by atoms with Crippen molar-refractivity contribution in [3.8, 4) is 17.3 Å². The molecule has 5 aromatic carbocycles. The largest absolute Gasteiger partial charge is 0.509 e. The Bertz CT molecular complexity index is 2940. The van der Waals surface area contributed by atoms with Crippen LogP contribution in [0, 0.1) is 18.8 Å². The molecule has 0 bridgehead atoms. The van der Waals surface area contributed by atoms with E-state index in [0.717, 1.165) is 39.2 Å². The van der Waals surface area contributed by atoms with Gasteiger partial charge in [-0.2, -0.15) is 6.07 Å². The van der Waals surface area contributed by atoms with Gasteiger partial charge in [-0.15, -0.1) is 53.6 Å². The van der Waals surface area contributed by atoms with Gasteiger partial charge < -0.3 is 19.1 Å². The molecule has 3 heterocycles. The molecule has 1 aliphatic rings. The molecule has 67 heavy (non-hydrogen) atoms. The van der Waals surface area contributed by atoms with E-state index >= 15 is 0 Å². The minimum Gasteiger partial charge on any atom is -0.509 e. The van der Waals surface area contributed by atoms with Gasteiger partial charge in [0.1, 0.15) is 5.82 Å². The molecule has 0 saturated carbocycles. The molecule has 0 spiro atoms. The van der Waals surface area contributed by atoms with Crippen LogP contribution in [-0.2, 0) is 53.6 Å². The van der Waals surface area contributed by atoms with Crippen LogP contribution in [-0.4, -0.2) is 9.55 Å². The van der Waals surface area contributed by atoms with E-state index in [2.05, 4.69) is 254 Å². The van der Waals surface area contributed by atoms with E-state index in [0.29, 0.717) is 11.5 Å². The molecule has 0 N–H and O–H groups in total. The Kier molecular flexibility index (Phi) is 13.0. The minimum atomic E-state index is -0.342. The first kappa shape index (κ1) is 49.8. The van der Waals surface area contributed by atoms with E-state index in [-0.39, 0.29) is 53.6 Å². The summed E-state index contributed by atoms with van der Waals surface area (Å²) in [5, 5.41) is 2.28. The van der Waals surface area contributed by atoms with Crippen molar-refractivity contribution in [1.82, 2.24) is 9.55 Å². The molecule has 2 aromatic heterocycles. The molecule has 0 saturated heterocycles. The van der Waals surface area contributed by atoms with Crippen molar-refractivity contribution < 1.29 is 25.8 Å². The van der Waals surface area contributed by atoms with Crippen molar-refractivity contribution in [2.24, 2.45) is 0 Å². The van der Waals surface area contributed by atoms with Crippen LogP contribution >= 0.6 is 0 Å². The first-order valence-electron chi connectivity index (χ1n) is 23.7. The number of rotatable bonds is 7. The number of anilines is 2. The van der Waals surface area contributed by atoms with Gasteiger partial charge in [0, 0.05) is 61.1 Å².